The Morgan fingerprint density at radius 3 is 2.39 bits per heavy atom. The Labute approximate surface area is 135 Å². The second-order valence-electron chi connectivity index (χ2n) is 6.12. The van der Waals surface area contributed by atoms with Gasteiger partial charge in [0, 0.05) is 19.5 Å². The fourth-order valence-electron chi connectivity index (χ4n) is 3.33. The number of urea groups is 1. The van der Waals surface area contributed by atoms with Crippen LogP contribution in [0.2, 0.25) is 0 Å². The van der Waals surface area contributed by atoms with E-state index in [0.29, 0.717) is 5.56 Å². The number of imide groups is 1. The van der Waals surface area contributed by atoms with E-state index < -0.39 is 11.6 Å². The van der Waals surface area contributed by atoms with Gasteiger partial charge in [-0.3, -0.25) is 14.9 Å². The molecule has 0 aromatic heterocycles. The fraction of sp³-hybridized carbons (Fsp3) is 0.471. The van der Waals surface area contributed by atoms with E-state index in [-0.39, 0.29) is 24.7 Å². The molecular weight excluding hydrogens is 294 g/mol. The van der Waals surface area contributed by atoms with Gasteiger partial charge in [0.2, 0.25) is 5.91 Å². The third kappa shape index (κ3) is 3.06. The molecule has 0 spiro atoms. The van der Waals surface area contributed by atoms with Gasteiger partial charge < -0.3 is 10.2 Å². The minimum atomic E-state index is -1.15. The molecule has 2 aliphatic heterocycles. The molecule has 0 saturated carbocycles. The minimum absolute atomic E-state index is 0.0500. The van der Waals surface area contributed by atoms with Crippen LogP contribution in [0.15, 0.2) is 30.3 Å². The number of benzene rings is 1. The van der Waals surface area contributed by atoms with Crippen molar-refractivity contribution in [2.24, 2.45) is 0 Å². The smallest absolute Gasteiger partial charge is 0.322 e. The number of hydrogen-bond acceptors (Lipinski definition) is 3. The highest BCUT2D eigenvalue weighted by Gasteiger charge is 2.47. The average Bonchev–Trinajstić information content (AvgIpc) is 2.89. The molecule has 2 N–H and O–H groups in total. The van der Waals surface area contributed by atoms with Crippen LogP contribution in [0.1, 0.15) is 37.7 Å². The van der Waals surface area contributed by atoms with Crippen LogP contribution >= 0.6 is 0 Å². The third-order valence-corrected chi connectivity index (χ3v) is 4.63. The van der Waals surface area contributed by atoms with Gasteiger partial charge in [-0.05, 0) is 31.2 Å². The molecule has 6 heteroatoms. The largest absolute Gasteiger partial charge is 0.343 e. The zero-order valence-corrected chi connectivity index (χ0v) is 13.0. The average molecular weight is 315 g/mol. The second kappa shape index (κ2) is 6.40. The van der Waals surface area contributed by atoms with Gasteiger partial charge in [-0.1, -0.05) is 30.3 Å². The standard InChI is InChI=1S/C17H21N3O3/c21-14(20-11-5-2-6-12-20)9-10-17(13-7-3-1-4-8-13)15(22)18-16(23)19-17/h1,3-4,7-8H,2,5-6,9-12H2,(H2,18,19,22,23). The summed E-state index contributed by atoms with van der Waals surface area (Å²) < 4.78 is 0. The first kappa shape index (κ1) is 15.5. The fourth-order valence-corrected chi connectivity index (χ4v) is 3.33. The minimum Gasteiger partial charge on any atom is -0.343 e. The normalized spacial score (nSPS) is 24.3. The van der Waals surface area contributed by atoms with E-state index in [1.165, 1.54) is 0 Å². The van der Waals surface area contributed by atoms with E-state index in [9.17, 15) is 14.4 Å². The molecule has 23 heavy (non-hydrogen) atoms. The molecule has 0 aliphatic carbocycles. The lowest BCUT2D eigenvalue weighted by molar-refractivity contribution is -0.133. The van der Waals surface area contributed by atoms with Crippen LogP contribution in [0.25, 0.3) is 0 Å². The molecule has 1 aromatic rings. The number of carbonyl (C=O) groups is 3. The van der Waals surface area contributed by atoms with Crippen molar-refractivity contribution in [3.05, 3.63) is 35.9 Å². The van der Waals surface area contributed by atoms with E-state index in [4.69, 9.17) is 0 Å². The van der Waals surface area contributed by atoms with E-state index in [2.05, 4.69) is 10.6 Å². The van der Waals surface area contributed by atoms with E-state index in [1.807, 2.05) is 23.1 Å². The first-order valence-electron chi connectivity index (χ1n) is 8.09. The van der Waals surface area contributed by atoms with Gasteiger partial charge in [-0.2, -0.15) is 0 Å². The highest BCUT2D eigenvalue weighted by Crippen LogP contribution is 2.30. The van der Waals surface area contributed by atoms with Crippen LogP contribution in [-0.2, 0) is 15.1 Å². The summed E-state index contributed by atoms with van der Waals surface area (Å²) in [5.74, 6) is -0.339. The van der Waals surface area contributed by atoms with Crippen molar-refractivity contribution in [3.8, 4) is 0 Å². The van der Waals surface area contributed by atoms with E-state index in [1.54, 1.807) is 12.1 Å². The predicted octanol–water partition coefficient (Wildman–Crippen LogP) is 1.51. The first-order chi connectivity index (χ1) is 11.1. The van der Waals surface area contributed by atoms with Crippen LogP contribution in [0.4, 0.5) is 4.79 Å². The number of hydrogen-bond donors (Lipinski definition) is 2. The zero-order valence-electron chi connectivity index (χ0n) is 13.0. The van der Waals surface area contributed by atoms with Crippen LogP contribution in [0.5, 0.6) is 0 Å². The molecule has 0 bridgehead atoms. The number of piperidine rings is 1. The molecule has 2 heterocycles. The number of amides is 4. The van der Waals surface area contributed by atoms with Gasteiger partial charge in [0.15, 0.2) is 0 Å². The van der Waals surface area contributed by atoms with Crippen molar-refractivity contribution < 1.29 is 14.4 Å². The molecule has 122 valence electrons. The number of nitrogens with zero attached hydrogens (tertiary/aromatic N) is 1. The molecule has 3 rings (SSSR count). The molecule has 2 aliphatic rings. The van der Waals surface area contributed by atoms with Gasteiger partial charge in [-0.15, -0.1) is 0 Å². The zero-order chi connectivity index (χ0) is 16.3. The molecule has 2 fully saturated rings. The summed E-state index contributed by atoms with van der Waals surface area (Å²) in [5, 5.41) is 5.02. The Hall–Kier alpha value is -2.37. The molecular formula is C17H21N3O3. The maximum Gasteiger partial charge on any atom is 0.322 e. The van der Waals surface area contributed by atoms with Gasteiger partial charge in [0.1, 0.15) is 5.54 Å². The van der Waals surface area contributed by atoms with Crippen molar-refractivity contribution in [1.82, 2.24) is 15.5 Å². The monoisotopic (exact) mass is 315 g/mol. The molecule has 1 atom stereocenters. The maximum atomic E-state index is 12.4. The summed E-state index contributed by atoms with van der Waals surface area (Å²) >= 11 is 0. The van der Waals surface area contributed by atoms with Gasteiger partial charge in [0.25, 0.3) is 5.91 Å². The molecule has 1 unspecified atom stereocenters. The van der Waals surface area contributed by atoms with Gasteiger partial charge >= 0.3 is 6.03 Å². The quantitative estimate of drug-likeness (QED) is 0.827. The maximum absolute atomic E-state index is 12.4. The van der Waals surface area contributed by atoms with Crippen molar-refractivity contribution in [3.63, 3.8) is 0 Å². The van der Waals surface area contributed by atoms with Crippen LogP contribution in [-0.4, -0.2) is 35.8 Å². The summed E-state index contributed by atoms with van der Waals surface area (Å²) in [4.78, 5) is 38.3. The highest BCUT2D eigenvalue weighted by molar-refractivity contribution is 6.07. The molecule has 0 radical (unpaired) electrons. The number of nitrogens with one attached hydrogen (secondary N) is 2. The Morgan fingerprint density at radius 1 is 1.09 bits per heavy atom. The summed E-state index contributed by atoms with van der Waals surface area (Å²) in [5.41, 5.74) is -0.446. The lowest BCUT2D eigenvalue weighted by atomic mass is 9.85. The Balaban J connectivity index is 1.76. The van der Waals surface area contributed by atoms with Crippen LogP contribution in [0, 0.1) is 0 Å². The van der Waals surface area contributed by atoms with Gasteiger partial charge in [-0.25, -0.2) is 4.79 Å². The summed E-state index contributed by atoms with van der Waals surface area (Å²) in [6, 6.07) is 8.59. The Morgan fingerprint density at radius 2 is 1.78 bits per heavy atom. The van der Waals surface area contributed by atoms with E-state index in [0.717, 1.165) is 32.4 Å². The van der Waals surface area contributed by atoms with Gasteiger partial charge in [0.05, 0.1) is 0 Å². The SMILES string of the molecule is O=C1NC(=O)C(CCC(=O)N2CCCCC2)(c2ccccc2)N1. The molecule has 2 saturated heterocycles. The van der Waals surface area contributed by atoms with Crippen LogP contribution in [0.3, 0.4) is 0 Å². The lowest BCUT2D eigenvalue weighted by Gasteiger charge is -2.30. The second-order valence-corrected chi connectivity index (χ2v) is 6.12. The summed E-state index contributed by atoms with van der Waals surface area (Å²) in [6.07, 6.45) is 3.74. The lowest BCUT2D eigenvalue weighted by Crippen LogP contribution is -2.45. The summed E-state index contributed by atoms with van der Waals surface area (Å²) in [7, 11) is 0. The molecule has 4 amide bonds. The Bertz CT molecular complexity index is 611. The van der Waals surface area contributed by atoms with Crippen LogP contribution < -0.4 is 10.6 Å². The van der Waals surface area contributed by atoms with Crippen molar-refractivity contribution >= 4 is 17.8 Å². The first-order valence-corrected chi connectivity index (χ1v) is 8.09. The number of rotatable bonds is 4. The number of likely N-dealkylation sites (tertiary alicyclic amines) is 1. The molecule has 1 aromatic carbocycles. The number of carbonyl (C=O) groups excluding carboxylic acids is 3. The molecule has 6 nitrogen and oxygen atoms in total. The predicted molar refractivity (Wildman–Crippen MR) is 84.5 cm³/mol. The van der Waals surface area contributed by atoms with E-state index >= 15 is 0 Å². The summed E-state index contributed by atoms with van der Waals surface area (Å²) in [6.45, 7) is 1.57. The topological polar surface area (TPSA) is 78.5 Å². The highest BCUT2D eigenvalue weighted by atomic mass is 16.2. The van der Waals surface area contributed by atoms with Crippen molar-refractivity contribution in [2.45, 2.75) is 37.6 Å². The van der Waals surface area contributed by atoms with Crippen molar-refractivity contribution in [2.75, 3.05) is 13.1 Å². The Kier molecular flexibility index (Phi) is 4.32. The van der Waals surface area contributed by atoms with Crippen molar-refractivity contribution in [1.29, 1.82) is 0 Å². The third-order valence-electron chi connectivity index (χ3n) is 4.63.